The topological polar surface area (TPSA) is 310 Å². The van der Waals surface area contributed by atoms with Crippen LogP contribution in [-0.2, 0) is 52.3 Å². The first kappa shape index (κ1) is 102. The Balaban J connectivity index is 0.000000144. The number of morpholine rings is 1. The molecule has 0 aromatic heterocycles. The van der Waals surface area contributed by atoms with E-state index in [4.69, 9.17) is 81.7 Å². The lowest BCUT2D eigenvalue weighted by molar-refractivity contribution is 0.0322. The molecule has 2 fully saturated rings. The van der Waals surface area contributed by atoms with Gasteiger partial charge in [0.1, 0.15) is 48.6 Å². The van der Waals surface area contributed by atoms with Crippen LogP contribution in [0.5, 0.6) is 28.7 Å². The highest BCUT2D eigenvalue weighted by molar-refractivity contribution is 9.09. The van der Waals surface area contributed by atoms with E-state index in [0.717, 1.165) is 99.9 Å². The van der Waals surface area contributed by atoms with Crippen LogP contribution in [0, 0.1) is 0 Å². The van der Waals surface area contributed by atoms with Gasteiger partial charge < -0.3 is 65.2 Å². The molecule has 36 heteroatoms. The standard InChI is InChI=1S/C23H26ClN3O3S.C22H23ClN2O4S.C20H21ClN2O3S.C18H15BrClNO3S.C16H12ClNO3S/c1-26-8-10-27(11-9-26)12-13-30-21-6-4-18(24)15-20(21)23(28)25-19-5-3-17-7-14-31(2,29)22(17)16-19;1-30(27)13-6-16-2-4-18(15-21(16)30)24-22(26)19-14-17(23)3-5-20(19)29-12-9-25-7-10-28-11-8-25;1-23(2)9-10-26-18-7-5-15(21)12-17(18)20(24)22-16-6-4-14-8-11-27(3,25)19(14)13-16;1-25(23)9-6-12-2-4-14(11-17(12)25)21-18(22)15-10-13(20)3-5-16(15)24-8-7-19;1-22(21)7-6-10-2-4-12(9-15(10)22)18-16(20)13-8-11(17)3-5-14(13)19/h3-7,14-16H,2,8-13H2,1H3,(H,25,28);2-6,13-15H,1,7-12H2,(H,24,26);4-8,11-13H,3,9-10H2,1-2H3,(H,22,24);2-6,9-11H,1,7-8H2,(H,21,22);2-9,19H,1H2,(H,18,20). The fourth-order valence-electron chi connectivity index (χ4n) is 14.4. The number of phenolic OH excluding ortho intramolecular Hbond substituents is 1. The number of nitrogens with zero attached hydrogens (tertiary/aromatic N) is 4. The molecule has 6 N–H and O–H groups in total. The predicted octanol–water partition coefficient (Wildman–Crippen LogP) is 18.0. The molecule has 706 valence electrons. The average molecular weight is 2090 g/mol. The molecule has 5 atom stereocenters. The van der Waals surface area contributed by atoms with Gasteiger partial charge in [-0.25, -0.2) is 0 Å². The summed E-state index contributed by atoms with van der Waals surface area (Å²) >= 11 is 33.5. The van der Waals surface area contributed by atoms with E-state index in [1.54, 1.807) is 203 Å². The first-order valence-corrected chi connectivity index (χ1v) is 53.9. The number of fused-ring (bicyclic) bond motifs is 5. The summed E-state index contributed by atoms with van der Waals surface area (Å²) in [6, 6.07) is 50.3. The fourth-order valence-corrected chi connectivity index (χ4v) is 22.3. The Labute approximate surface area is 820 Å². The largest absolute Gasteiger partial charge is 0.507 e. The Bertz CT molecular complexity index is 7050. The Morgan fingerprint density at radius 3 is 0.919 bits per heavy atom. The van der Waals surface area contributed by atoms with E-state index < -0.39 is 53.5 Å². The van der Waals surface area contributed by atoms with Gasteiger partial charge in [0.15, 0.2) is 0 Å². The molecule has 0 aliphatic carbocycles. The monoisotopic (exact) mass is 2080 g/mol. The van der Waals surface area contributed by atoms with Gasteiger partial charge in [0, 0.05) is 190 Å². The van der Waals surface area contributed by atoms with Crippen molar-refractivity contribution < 1.29 is 73.8 Å². The van der Waals surface area contributed by atoms with Gasteiger partial charge in [0.2, 0.25) is 0 Å². The number of aromatic hydroxyl groups is 1. The van der Waals surface area contributed by atoms with Crippen LogP contribution in [0.2, 0.25) is 25.1 Å². The van der Waals surface area contributed by atoms with E-state index in [1.807, 2.05) is 37.2 Å². The van der Waals surface area contributed by atoms with E-state index in [2.05, 4.69) is 93.6 Å². The summed E-state index contributed by atoms with van der Waals surface area (Å²) in [7, 11) is -6.22. The number of nitrogens with one attached hydrogen (secondary N) is 5. The number of hydrogen-bond donors (Lipinski definition) is 6. The number of halogens is 6. The number of amides is 5. The van der Waals surface area contributed by atoms with Crippen LogP contribution in [0.15, 0.2) is 234 Å². The fraction of sp³-hybridized carbons (Fsp3) is 0.192. The van der Waals surface area contributed by atoms with Crippen molar-refractivity contribution in [3.63, 3.8) is 0 Å². The zero-order chi connectivity index (χ0) is 96.7. The Kier molecular flexibility index (Phi) is 33.8. The maximum absolute atomic E-state index is 13.0. The third kappa shape index (κ3) is 26.9. The third-order valence-electron chi connectivity index (χ3n) is 21.7. The minimum absolute atomic E-state index is 0.0708. The van der Waals surface area contributed by atoms with Crippen LogP contribution in [0.1, 0.15) is 79.6 Å². The number of carbonyl (C=O) groups is 5. The van der Waals surface area contributed by atoms with E-state index in [9.17, 15) is 50.1 Å². The summed E-state index contributed by atoms with van der Waals surface area (Å²) < 4.78 is 90.6. The Morgan fingerprint density at radius 2 is 0.630 bits per heavy atom. The number of carbonyl (C=O) groups excluding carboxylic acids is 5. The van der Waals surface area contributed by atoms with E-state index >= 15 is 0 Å². The van der Waals surface area contributed by atoms with Crippen LogP contribution in [0.3, 0.4) is 0 Å². The molecule has 5 unspecified atom stereocenters. The molecule has 7 aliphatic heterocycles. The molecule has 0 bridgehead atoms. The number of likely N-dealkylation sites (N-methyl/N-ethyl adjacent to an activating group) is 2. The average Bonchev–Trinajstić information content (AvgIpc) is 1.66. The molecular formula is C99H97BrCl5N9O16S5. The zero-order valence-electron chi connectivity index (χ0n) is 73.6. The molecule has 17 rings (SSSR count). The van der Waals surface area contributed by atoms with Gasteiger partial charge >= 0.3 is 0 Å². The first-order valence-electron chi connectivity index (χ1n) is 41.9. The lowest BCUT2D eigenvalue weighted by Crippen LogP contribution is -2.45. The highest BCUT2D eigenvalue weighted by Gasteiger charge is 2.27. The Morgan fingerprint density at radius 1 is 0.370 bits per heavy atom. The smallest absolute Gasteiger partial charge is 0.259 e. The van der Waals surface area contributed by atoms with Gasteiger partial charge in [-0.05, 0) is 287 Å². The molecule has 2 saturated heterocycles. The van der Waals surface area contributed by atoms with Crippen molar-refractivity contribution in [2.24, 2.45) is 0 Å². The van der Waals surface area contributed by atoms with Crippen molar-refractivity contribution in [2.45, 2.75) is 24.5 Å². The number of benzene rings is 10. The van der Waals surface area contributed by atoms with Gasteiger partial charge in [-0.3, -0.25) is 54.8 Å². The van der Waals surface area contributed by atoms with Crippen molar-refractivity contribution in [3.05, 3.63) is 290 Å². The molecule has 0 radical (unpaired) electrons. The number of piperazine rings is 1. The molecule has 25 nitrogen and oxygen atoms in total. The van der Waals surface area contributed by atoms with Crippen molar-refractivity contribution in [2.75, 3.05) is 152 Å². The molecule has 7 aliphatic rings. The lowest BCUT2D eigenvalue weighted by atomic mass is 10.1. The molecular weight excluding hydrogens is 1990 g/mol. The van der Waals surface area contributed by atoms with Crippen LogP contribution in [-0.4, -0.2) is 230 Å². The summed E-state index contributed by atoms with van der Waals surface area (Å²) in [5.74, 6) is 18.5. The second kappa shape index (κ2) is 44.9. The number of phenols is 1. The molecule has 10 aromatic rings. The van der Waals surface area contributed by atoms with Crippen molar-refractivity contribution in [3.8, 4) is 28.7 Å². The maximum Gasteiger partial charge on any atom is 0.259 e. The van der Waals surface area contributed by atoms with Crippen molar-refractivity contribution >= 4 is 239 Å². The molecule has 0 spiro atoms. The number of anilines is 5. The normalized spacial score (nSPS) is 19.4. The van der Waals surface area contributed by atoms with Crippen molar-refractivity contribution in [1.82, 2.24) is 19.6 Å². The minimum Gasteiger partial charge on any atom is -0.507 e. The number of hydrogen-bond acceptors (Lipinski definition) is 20. The highest BCUT2D eigenvalue weighted by atomic mass is 79.9. The third-order valence-corrected chi connectivity index (χ3v) is 31.5. The number of rotatable bonds is 25. The maximum atomic E-state index is 13.0. The predicted molar refractivity (Wildman–Crippen MR) is 559 cm³/mol. The summed E-state index contributed by atoms with van der Waals surface area (Å²) in [4.78, 5) is 75.5. The SMILES string of the molecule is C=S1(=O)C=Cc2ccc(NC(=O)c3cc(Cl)ccc3O)cc21.C=S1(=O)C=Cc2ccc(NC(=O)c3cc(Cl)ccc3OCCBr)cc21.C=S1(=O)C=Cc2ccc(NC(=O)c3cc(Cl)ccc3OCCN(C)C)cc21.C=S1(=O)C=Cc2ccc(NC(=O)c3cc(Cl)ccc3OCCN3CCN(C)CC3)cc21.C=S1(=O)C=Cc2ccc(NC(=O)c3cc(Cl)ccc3OCCN3CCOCC3)cc21. The van der Waals surface area contributed by atoms with Gasteiger partial charge in [-0.15, -0.1) is 0 Å². The molecule has 7 heterocycles. The van der Waals surface area contributed by atoms with Gasteiger partial charge in [0.25, 0.3) is 29.5 Å². The van der Waals surface area contributed by atoms with E-state index in [-0.39, 0.29) is 34.9 Å². The second-order valence-corrected chi connectivity index (χ2v) is 45.7. The number of alkyl halides is 1. The van der Waals surface area contributed by atoms with Gasteiger partial charge in [-0.1, -0.05) is 104 Å². The zero-order valence-corrected chi connectivity index (χ0v) is 83.1. The minimum atomic E-state index is -2.46. The summed E-state index contributed by atoms with van der Waals surface area (Å²) in [5.41, 5.74) is 8.32. The van der Waals surface area contributed by atoms with Crippen molar-refractivity contribution in [1.29, 1.82) is 0 Å². The van der Waals surface area contributed by atoms with Crippen LogP contribution in [0.25, 0.3) is 30.4 Å². The van der Waals surface area contributed by atoms with Crippen LogP contribution in [0.4, 0.5) is 28.4 Å². The second-order valence-electron chi connectivity index (χ2n) is 31.9. The van der Waals surface area contributed by atoms with E-state index in [0.29, 0.717) is 155 Å². The summed E-state index contributed by atoms with van der Waals surface area (Å²) in [6.07, 6.45) is 8.88. The number of ether oxygens (including phenoxy) is 5. The molecule has 10 aromatic carbocycles. The molecule has 135 heavy (non-hydrogen) atoms. The van der Waals surface area contributed by atoms with Gasteiger partial charge in [0.05, 0.1) is 47.6 Å². The molecule has 0 saturated carbocycles. The summed E-state index contributed by atoms with van der Waals surface area (Å²) in [5, 5.41) is 34.4. The Hall–Kier alpha value is -10.9. The van der Waals surface area contributed by atoms with Crippen LogP contribution >= 0.6 is 73.9 Å². The van der Waals surface area contributed by atoms with E-state index in [1.165, 1.54) is 18.2 Å². The highest BCUT2D eigenvalue weighted by Crippen LogP contribution is 2.38. The quantitative estimate of drug-likeness (QED) is 0.0229. The first-order chi connectivity index (χ1) is 64.3. The van der Waals surface area contributed by atoms with Crippen LogP contribution < -0.4 is 45.5 Å². The lowest BCUT2D eigenvalue weighted by Gasteiger charge is -2.32. The summed E-state index contributed by atoms with van der Waals surface area (Å²) in [6.45, 7) is 11.4. The molecule has 5 amide bonds. The van der Waals surface area contributed by atoms with Gasteiger partial charge in [-0.2, -0.15) is 0 Å².